The molecule has 110 valence electrons. The zero-order valence-corrected chi connectivity index (χ0v) is 13.0. The van der Waals surface area contributed by atoms with Gasteiger partial charge in [-0.15, -0.1) is 0 Å². The van der Waals surface area contributed by atoms with Crippen molar-refractivity contribution in [3.63, 3.8) is 0 Å². The molecule has 0 amide bonds. The first-order valence-corrected chi connectivity index (χ1v) is 7.46. The zero-order valence-electron chi connectivity index (χ0n) is 12.2. The Hall–Kier alpha value is -1.79. The second-order valence-electron chi connectivity index (χ2n) is 5.31. The van der Waals surface area contributed by atoms with Crippen molar-refractivity contribution in [1.29, 1.82) is 0 Å². The summed E-state index contributed by atoms with van der Waals surface area (Å²) in [4.78, 5) is 0. The lowest BCUT2D eigenvalue weighted by atomic mass is 10.1. The van der Waals surface area contributed by atoms with Crippen LogP contribution in [0.3, 0.4) is 0 Å². The second-order valence-corrected chi connectivity index (χ2v) is 5.69. The maximum atomic E-state index is 5.66. The van der Waals surface area contributed by atoms with Crippen molar-refractivity contribution in [2.24, 2.45) is 5.10 Å². The lowest BCUT2D eigenvalue weighted by Gasteiger charge is -2.07. The summed E-state index contributed by atoms with van der Waals surface area (Å²) >= 11 is 5.25. The molecule has 1 aliphatic rings. The van der Waals surface area contributed by atoms with Crippen LogP contribution in [0.15, 0.2) is 23.3 Å². The third-order valence-corrected chi connectivity index (χ3v) is 3.89. The Morgan fingerprint density at radius 3 is 3.05 bits per heavy atom. The van der Waals surface area contributed by atoms with Gasteiger partial charge in [-0.05, 0) is 50.0 Å². The summed E-state index contributed by atoms with van der Waals surface area (Å²) in [6, 6.07) is 6.27. The topological polar surface area (TPSA) is 55.2 Å². The molecule has 21 heavy (non-hydrogen) atoms. The molecule has 1 aliphatic heterocycles. The molecule has 0 saturated carbocycles. The van der Waals surface area contributed by atoms with Crippen LogP contribution >= 0.6 is 12.2 Å². The predicted molar refractivity (Wildman–Crippen MR) is 84.2 cm³/mol. The first kappa shape index (κ1) is 14.2. The molecule has 0 spiro atoms. The van der Waals surface area contributed by atoms with E-state index in [9.17, 15) is 0 Å². The maximum absolute atomic E-state index is 5.66. The number of nitrogens with one attached hydrogen (secondary N) is 1. The first-order chi connectivity index (χ1) is 10.1. The van der Waals surface area contributed by atoms with E-state index in [2.05, 4.69) is 47.3 Å². The molecule has 5 nitrogen and oxygen atoms in total. The summed E-state index contributed by atoms with van der Waals surface area (Å²) in [5.41, 5.74) is 3.50. The zero-order chi connectivity index (χ0) is 14.8. The van der Waals surface area contributed by atoms with Crippen LogP contribution in [0, 0.1) is 18.6 Å². The smallest absolute Gasteiger partial charge is 0.216 e. The molecule has 1 N–H and O–H groups in total. The van der Waals surface area contributed by atoms with Crippen molar-refractivity contribution in [3.8, 4) is 0 Å². The minimum absolute atomic E-state index is 0.0192. The van der Waals surface area contributed by atoms with Crippen LogP contribution in [0.4, 0.5) is 0 Å². The standard InChI is InChI=1S/C15H18N4OS/c1-10-5-6-12(11(2)8-10)9-16-19-14(17-18-15(19)21)13-4-3-7-20-13/h5-6,8-9,13H,3-4,7H2,1-2H3,(H,18,21)/b16-9-/t13-/m0/s1. The summed E-state index contributed by atoms with van der Waals surface area (Å²) in [6.07, 6.45) is 3.80. The van der Waals surface area contributed by atoms with Gasteiger partial charge < -0.3 is 4.74 Å². The average molecular weight is 302 g/mol. The Labute approximate surface area is 128 Å². The van der Waals surface area contributed by atoms with Crippen molar-refractivity contribution in [2.45, 2.75) is 32.8 Å². The number of aromatic amines is 1. The fourth-order valence-electron chi connectivity index (χ4n) is 2.50. The van der Waals surface area contributed by atoms with Crippen LogP contribution in [0.1, 0.15) is 41.5 Å². The van der Waals surface area contributed by atoms with Crippen molar-refractivity contribution in [1.82, 2.24) is 14.9 Å². The molecule has 1 saturated heterocycles. The number of benzene rings is 1. The number of nitrogens with zero attached hydrogens (tertiary/aromatic N) is 3. The first-order valence-electron chi connectivity index (χ1n) is 7.05. The molecular formula is C15H18N4OS. The molecule has 6 heteroatoms. The molecule has 1 aromatic carbocycles. The SMILES string of the molecule is Cc1ccc(/C=N\n2c([C@@H]3CCCO3)n[nH]c2=S)c(C)c1. The molecule has 0 unspecified atom stereocenters. The molecule has 2 heterocycles. The normalized spacial score (nSPS) is 18.7. The van der Waals surface area contributed by atoms with E-state index in [1.165, 1.54) is 11.1 Å². The number of ether oxygens (including phenoxy) is 1. The predicted octanol–water partition coefficient (Wildman–Crippen LogP) is 3.29. The van der Waals surface area contributed by atoms with Crippen LogP contribution in [-0.2, 0) is 4.74 Å². The van der Waals surface area contributed by atoms with Crippen LogP contribution < -0.4 is 0 Å². The van der Waals surface area contributed by atoms with E-state index in [0.29, 0.717) is 4.77 Å². The largest absolute Gasteiger partial charge is 0.370 e. The highest BCUT2D eigenvalue weighted by molar-refractivity contribution is 7.71. The van der Waals surface area contributed by atoms with E-state index in [1.807, 2.05) is 6.21 Å². The van der Waals surface area contributed by atoms with E-state index in [-0.39, 0.29) is 6.10 Å². The minimum atomic E-state index is -0.0192. The number of aryl methyl sites for hydroxylation is 2. The van der Waals surface area contributed by atoms with Gasteiger partial charge in [0.1, 0.15) is 6.10 Å². The number of aromatic nitrogens is 3. The van der Waals surface area contributed by atoms with Gasteiger partial charge in [-0.1, -0.05) is 23.8 Å². The third-order valence-electron chi connectivity index (χ3n) is 3.63. The third kappa shape index (κ3) is 2.96. The Balaban J connectivity index is 1.92. The van der Waals surface area contributed by atoms with Crippen LogP contribution in [0.5, 0.6) is 0 Å². The highest BCUT2D eigenvalue weighted by Crippen LogP contribution is 2.26. The van der Waals surface area contributed by atoms with Gasteiger partial charge in [-0.2, -0.15) is 14.9 Å². The van der Waals surface area contributed by atoms with E-state index < -0.39 is 0 Å². The van der Waals surface area contributed by atoms with Gasteiger partial charge >= 0.3 is 0 Å². The lowest BCUT2D eigenvalue weighted by Crippen LogP contribution is -2.05. The van der Waals surface area contributed by atoms with Crippen LogP contribution in [0.25, 0.3) is 0 Å². The Kier molecular flexibility index (Phi) is 3.98. The van der Waals surface area contributed by atoms with Crippen molar-refractivity contribution in [3.05, 3.63) is 45.5 Å². The van der Waals surface area contributed by atoms with Crippen molar-refractivity contribution >= 4 is 18.4 Å². The lowest BCUT2D eigenvalue weighted by molar-refractivity contribution is 0.102. The van der Waals surface area contributed by atoms with Gasteiger partial charge in [-0.3, -0.25) is 5.10 Å². The molecule has 1 fully saturated rings. The summed E-state index contributed by atoms with van der Waals surface area (Å²) in [6.45, 7) is 4.92. The highest BCUT2D eigenvalue weighted by atomic mass is 32.1. The summed E-state index contributed by atoms with van der Waals surface area (Å²) < 4.78 is 7.81. The second kappa shape index (κ2) is 5.91. The quantitative estimate of drug-likeness (QED) is 0.699. The monoisotopic (exact) mass is 302 g/mol. The molecular weight excluding hydrogens is 284 g/mol. The van der Waals surface area contributed by atoms with E-state index >= 15 is 0 Å². The van der Waals surface area contributed by atoms with Gasteiger partial charge in [-0.25, -0.2) is 0 Å². The molecule has 3 rings (SSSR count). The van der Waals surface area contributed by atoms with Gasteiger partial charge in [0.2, 0.25) is 4.77 Å². The van der Waals surface area contributed by atoms with Crippen molar-refractivity contribution < 1.29 is 4.74 Å². The van der Waals surface area contributed by atoms with E-state index in [4.69, 9.17) is 17.0 Å². The van der Waals surface area contributed by atoms with Crippen LogP contribution in [-0.4, -0.2) is 27.7 Å². The van der Waals surface area contributed by atoms with Gasteiger partial charge in [0.05, 0.1) is 6.21 Å². The minimum Gasteiger partial charge on any atom is -0.370 e. The fraction of sp³-hybridized carbons (Fsp3) is 0.400. The molecule has 2 aromatic rings. The van der Waals surface area contributed by atoms with Gasteiger partial charge in [0, 0.05) is 6.61 Å². The molecule has 0 bridgehead atoms. The Morgan fingerprint density at radius 1 is 1.48 bits per heavy atom. The summed E-state index contributed by atoms with van der Waals surface area (Å²) in [5.74, 6) is 0.749. The average Bonchev–Trinajstić information content (AvgIpc) is 3.08. The summed E-state index contributed by atoms with van der Waals surface area (Å²) in [5, 5.41) is 11.5. The van der Waals surface area contributed by atoms with Gasteiger partial charge in [0.15, 0.2) is 5.82 Å². The van der Waals surface area contributed by atoms with Crippen LogP contribution in [0.2, 0.25) is 0 Å². The molecule has 0 radical (unpaired) electrons. The highest BCUT2D eigenvalue weighted by Gasteiger charge is 2.23. The summed E-state index contributed by atoms with van der Waals surface area (Å²) in [7, 11) is 0. The Morgan fingerprint density at radius 2 is 2.33 bits per heavy atom. The molecule has 1 aromatic heterocycles. The van der Waals surface area contributed by atoms with E-state index in [0.717, 1.165) is 30.8 Å². The molecule has 0 aliphatic carbocycles. The van der Waals surface area contributed by atoms with E-state index in [1.54, 1.807) is 4.68 Å². The number of hydrogen-bond acceptors (Lipinski definition) is 4. The van der Waals surface area contributed by atoms with Gasteiger partial charge in [0.25, 0.3) is 0 Å². The number of H-pyrrole nitrogens is 1. The number of rotatable bonds is 3. The molecule has 1 atom stereocenters. The Bertz CT molecular complexity index is 726. The number of hydrogen-bond donors (Lipinski definition) is 1. The maximum Gasteiger partial charge on any atom is 0.216 e. The fourth-order valence-corrected chi connectivity index (χ4v) is 2.68. The van der Waals surface area contributed by atoms with Crippen molar-refractivity contribution in [2.75, 3.05) is 6.61 Å².